The van der Waals surface area contributed by atoms with Gasteiger partial charge in [-0.25, -0.2) is 21.1 Å². The van der Waals surface area contributed by atoms with E-state index in [0.29, 0.717) is 11.3 Å². The van der Waals surface area contributed by atoms with Crippen molar-refractivity contribution in [2.45, 2.75) is 38.0 Å². The Morgan fingerprint density at radius 2 is 1.62 bits per heavy atom. The van der Waals surface area contributed by atoms with E-state index in [0.717, 1.165) is 41.8 Å². The van der Waals surface area contributed by atoms with Crippen molar-refractivity contribution in [3.05, 3.63) is 48.0 Å². The van der Waals surface area contributed by atoms with Crippen LogP contribution in [0.4, 0.5) is 17.1 Å². The molecule has 10 heteroatoms. The van der Waals surface area contributed by atoms with E-state index < -0.39 is 26.0 Å². The molecule has 2 aliphatic rings. The first-order valence-electron chi connectivity index (χ1n) is 10.6. The number of aryl methyl sites for hydroxylation is 1. The van der Waals surface area contributed by atoms with E-state index in [4.69, 9.17) is 0 Å². The van der Waals surface area contributed by atoms with Crippen LogP contribution >= 0.6 is 0 Å². The summed E-state index contributed by atoms with van der Waals surface area (Å²) < 4.78 is 53.5. The fourth-order valence-corrected chi connectivity index (χ4v) is 6.89. The molecule has 32 heavy (non-hydrogen) atoms. The predicted molar refractivity (Wildman–Crippen MR) is 125 cm³/mol. The molecule has 2 saturated heterocycles. The third-order valence-corrected chi connectivity index (χ3v) is 9.26. The smallest absolute Gasteiger partial charge is 0.262 e. The van der Waals surface area contributed by atoms with Gasteiger partial charge in [-0.3, -0.25) is 9.52 Å². The highest BCUT2D eigenvalue weighted by Crippen LogP contribution is 2.30. The van der Waals surface area contributed by atoms with Crippen molar-refractivity contribution in [1.29, 1.82) is 0 Å². The van der Waals surface area contributed by atoms with E-state index in [1.165, 1.54) is 18.2 Å². The van der Waals surface area contributed by atoms with Gasteiger partial charge in [0.15, 0.2) is 0 Å². The lowest BCUT2D eigenvalue weighted by atomic mass is 9.99. The maximum absolute atomic E-state index is 12.9. The minimum Gasteiger partial charge on any atom is -0.372 e. The van der Waals surface area contributed by atoms with Gasteiger partial charge in [-0.05, 0) is 73.7 Å². The summed E-state index contributed by atoms with van der Waals surface area (Å²) in [5.41, 5.74) is 2.02. The van der Waals surface area contributed by atoms with E-state index in [1.54, 1.807) is 19.1 Å². The molecule has 2 heterocycles. The number of piperidine rings is 1. The maximum atomic E-state index is 12.9. The minimum absolute atomic E-state index is 0.0272. The van der Waals surface area contributed by atoms with Crippen LogP contribution in [0.15, 0.2) is 47.4 Å². The molecule has 4 rings (SSSR count). The molecule has 2 aliphatic heterocycles. The van der Waals surface area contributed by atoms with Crippen LogP contribution in [-0.2, 0) is 24.8 Å². The first-order chi connectivity index (χ1) is 15.1. The van der Waals surface area contributed by atoms with Crippen molar-refractivity contribution in [1.82, 2.24) is 0 Å². The van der Waals surface area contributed by atoms with Gasteiger partial charge in [0.25, 0.3) is 10.0 Å². The fraction of sp³-hybridized carbons (Fsp3) is 0.409. The van der Waals surface area contributed by atoms with Crippen molar-refractivity contribution in [3.63, 3.8) is 0 Å². The summed E-state index contributed by atoms with van der Waals surface area (Å²) in [6.07, 6.45) is 2.22. The van der Waals surface area contributed by atoms with Gasteiger partial charge in [-0.1, -0.05) is 6.92 Å². The number of nitrogens with one attached hydrogen (secondary N) is 1. The van der Waals surface area contributed by atoms with E-state index in [9.17, 15) is 21.6 Å². The molecule has 172 valence electrons. The summed E-state index contributed by atoms with van der Waals surface area (Å²) in [6, 6.07) is 11.4. The zero-order valence-corrected chi connectivity index (χ0v) is 19.7. The second-order valence-corrected chi connectivity index (χ2v) is 12.1. The maximum Gasteiger partial charge on any atom is 0.262 e. The Kier molecular flexibility index (Phi) is 5.93. The Balaban J connectivity index is 1.52. The number of anilines is 3. The molecule has 0 atom stereocenters. The average Bonchev–Trinajstić information content (AvgIpc) is 3.01. The molecule has 0 aliphatic carbocycles. The van der Waals surface area contributed by atoms with E-state index >= 15 is 0 Å². The number of amides is 1. The molecule has 0 aromatic heterocycles. The van der Waals surface area contributed by atoms with Gasteiger partial charge < -0.3 is 4.90 Å². The molecule has 0 radical (unpaired) electrons. The van der Waals surface area contributed by atoms with Gasteiger partial charge in [0.1, 0.15) is 0 Å². The number of nitrogens with zero attached hydrogens (tertiary/aromatic N) is 2. The molecule has 0 spiro atoms. The first kappa shape index (κ1) is 22.6. The molecule has 0 bridgehead atoms. The Bertz CT molecular complexity index is 1230. The standard InChI is InChI=1S/C22H27N3O5S2/c1-16-9-12-24(13-10-16)19-5-3-18(4-6-19)23-32(29,30)21-8-7-20(15-17(21)2)25-22(26)11-14-31(25,27)28/h3-8,15-16,23H,9-14H2,1-2H3. The second-order valence-electron chi connectivity index (χ2n) is 8.50. The van der Waals surface area contributed by atoms with Crippen LogP contribution in [0.2, 0.25) is 0 Å². The SMILES string of the molecule is Cc1cc(N2C(=O)CCS2(=O)=O)ccc1S(=O)(=O)Nc1ccc(N2CCC(C)CC2)cc1. The van der Waals surface area contributed by atoms with Crippen LogP contribution in [0.25, 0.3) is 0 Å². The summed E-state index contributed by atoms with van der Waals surface area (Å²) in [4.78, 5) is 14.3. The van der Waals surface area contributed by atoms with Gasteiger partial charge in [0.2, 0.25) is 15.9 Å². The second kappa shape index (κ2) is 8.40. The summed E-state index contributed by atoms with van der Waals surface area (Å²) in [6.45, 7) is 5.82. The number of sulfonamides is 2. The first-order valence-corrected chi connectivity index (χ1v) is 13.7. The monoisotopic (exact) mass is 477 g/mol. The zero-order chi connectivity index (χ0) is 23.1. The minimum atomic E-state index is -3.89. The van der Waals surface area contributed by atoms with E-state index in [2.05, 4.69) is 16.5 Å². The summed E-state index contributed by atoms with van der Waals surface area (Å²) in [5, 5.41) is 0. The number of hydrogen-bond acceptors (Lipinski definition) is 6. The van der Waals surface area contributed by atoms with E-state index in [-0.39, 0.29) is 22.8 Å². The third kappa shape index (κ3) is 4.47. The lowest BCUT2D eigenvalue weighted by Gasteiger charge is -2.32. The lowest BCUT2D eigenvalue weighted by Crippen LogP contribution is -2.32. The van der Waals surface area contributed by atoms with Gasteiger partial charge >= 0.3 is 0 Å². The highest BCUT2D eigenvalue weighted by atomic mass is 32.2. The number of carbonyl (C=O) groups excluding carboxylic acids is 1. The quantitative estimate of drug-likeness (QED) is 0.710. The highest BCUT2D eigenvalue weighted by molar-refractivity contribution is 7.94. The normalized spacial score (nSPS) is 19.4. The molecule has 2 aromatic carbocycles. The number of carbonyl (C=O) groups is 1. The Hall–Kier alpha value is -2.59. The third-order valence-electron chi connectivity index (χ3n) is 6.03. The molecular formula is C22H27N3O5S2. The molecule has 0 saturated carbocycles. The van der Waals surface area contributed by atoms with Crippen LogP contribution < -0.4 is 13.9 Å². The van der Waals surface area contributed by atoms with Crippen LogP contribution in [0.3, 0.4) is 0 Å². The number of benzene rings is 2. The molecule has 8 nitrogen and oxygen atoms in total. The molecular weight excluding hydrogens is 450 g/mol. The predicted octanol–water partition coefficient (Wildman–Crippen LogP) is 3.10. The van der Waals surface area contributed by atoms with Crippen molar-refractivity contribution in [3.8, 4) is 0 Å². The fourth-order valence-electron chi connectivity index (χ4n) is 4.15. The zero-order valence-electron chi connectivity index (χ0n) is 18.1. The largest absolute Gasteiger partial charge is 0.372 e. The van der Waals surface area contributed by atoms with Crippen molar-refractivity contribution < 1.29 is 21.6 Å². The van der Waals surface area contributed by atoms with Crippen LogP contribution in [-0.4, -0.2) is 41.6 Å². The number of rotatable bonds is 5. The molecule has 1 amide bonds. The average molecular weight is 478 g/mol. The van der Waals surface area contributed by atoms with Crippen LogP contribution in [0.1, 0.15) is 31.7 Å². The van der Waals surface area contributed by atoms with E-state index in [1.807, 2.05) is 12.1 Å². The van der Waals surface area contributed by atoms with Gasteiger partial charge in [-0.15, -0.1) is 0 Å². The number of hydrogen-bond donors (Lipinski definition) is 1. The molecule has 2 fully saturated rings. The lowest BCUT2D eigenvalue weighted by molar-refractivity contribution is -0.116. The van der Waals surface area contributed by atoms with Crippen molar-refractivity contribution in [2.24, 2.45) is 5.92 Å². The summed E-state index contributed by atoms with van der Waals surface area (Å²) in [5.74, 6) is -0.0177. The van der Waals surface area contributed by atoms with Gasteiger partial charge in [-0.2, -0.15) is 0 Å². The Morgan fingerprint density at radius 1 is 1.00 bits per heavy atom. The topological polar surface area (TPSA) is 104 Å². The van der Waals surface area contributed by atoms with Gasteiger partial charge in [0.05, 0.1) is 16.3 Å². The summed E-state index contributed by atoms with van der Waals surface area (Å²) in [7, 11) is -7.59. The van der Waals surface area contributed by atoms with Crippen LogP contribution in [0.5, 0.6) is 0 Å². The van der Waals surface area contributed by atoms with Crippen LogP contribution in [0, 0.1) is 12.8 Å². The Labute approximate surface area is 189 Å². The van der Waals surface area contributed by atoms with Crippen molar-refractivity contribution in [2.75, 3.05) is 32.8 Å². The van der Waals surface area contributed by atoms with Gasteiger partial charge in [0, 0.05) is 30.9 Å². The molecule has 1 N–H and O–H groups in total. The molecule has 2 aromatic rings. The highest BCUT2D eigenvalue weighted by Gasteiger charge is 2.36. The Morgan fingerprint density at radius 3 is 2.19 bits per heavy atom. The summed E-state index contributed by atoms with van der Waals surface area (Å²) >= 11 is 0. The van der Waals surface area contributed by atoms with Crippen molar-refractivity contribution >= 4 is 43.0 Å². The molecule has 0 unspecified atom stereocenters.